The molecular weight excluding hydrogens is 358 g/mol. The highest BCUT2D eigenvalue weighted by Gasteiger charge is 2.88. The van der Waals surface area contributed by atoms with Gasteiger partial charge in [-0.1, -0.05) is 0 Å². The first kappa shape index (κ1) is 21.2. The van der Waals surface area contributed by atoms with Gasteiger partial charge in [0.1, 0.15) is 0 Å². The second-order valence-electron chi connectivity index (χ2n) is 4.03. The molecule has 0 fully saturated rings. The Morgan fingerprint density at radius 1 is 0.565 bits per heavy atom. The maximum Gasteiger partial charge on any atom is 0.392 e. The molecule has 0 spiro atoms. The Balaban J connectivity index is 6.24. The van der Waals surface area contributed by atoms with Crippen molar-refractivity contribution in [3.8, 4) is 0 Å². The maximum atomic E-state index is 13.1. The SMILES string of the molecule is CNC(=O)C(F)(F)C(F)(F)C(F)(F)C(F)(F)C(F)(F)C(=O)NC. The smallest absolute Gasteiger partial charge is 0.354 e. The Morgan fingerprint density at radius 3 is 0.957 bits per heavy atom. The average molecular weight is 366 g/mol. The van der Waals surface area contributed by atoms with E-state index in [1.54, 1.807) is 0 Å². The first-order valence-corrected chi connectivity index (χ1v) is 5.30. The van der Waals surface area contributed by atoms with Gasteiger partial charge in [0.05, 0.1) is 0 Å². The lowest BCUT2D eigenvalue weighted by molar-refractivity contribution is -0.387. The molecule has 2 amide bonds. The van der Waals surface area contributed by atoms with Crippen molar-refractivity contribution in [2.45, 2.75) is 29.6 Å². The molecule has 0 bridgehead atoms. The molecule has 0 aromatic heterocycles. The molecule has 14 heteroatoms. The third-order valence-corrected chi connectivity index (χ3v) is 2.60. The van der Waals surface area contributed by atoms with E-state index in [0.717, 1.165) is 10.6 Å². The second-order valence-corrected chi connectivity index (χ2v) is 4.03. The normalized spacial score (nSPS) is 14.4. The standard InChI is InChI=1S/C9H8F10N2O2/c1-20-3(22)5(10,11)7(14,15)9(18,19)8(16,17)6(12,13)4(23)21-2/h1-2H3,(H,20,22)(H,21,23). The predicted octanol–water partition coefficient (Wildman–Crippen LogP) is 1.65. The van der Waals surface area contributed by atoms with Crippen LogP contribution in [-0.2, 0) is 9.59 Å². The molecule has 0 aliphatic rings. The van der Waals surface area contributed by atoms with Gasteiger partial charge in [-0.25, -0.2) is 0 Å². The molecule has 4 nitrogen and oxygen atoms in total. The van der Waals surface area contributed by atoms with Gasteiger partial charge in [0, 0.05) is 14.1 Å². The zero-order valence-corrected chi connectivity index (χ0v) is 11.1. The monoisotopic (exact) mass is 366 g/mol. The van der Waals surface area contributed by atoms with Gasteiger partial charge in [-0.05, 0) is 0 Å². The molecule has 136 valence electrons. The first-order valence-electron chi connectivity index (χ1n) is 5.30. The van der Waals surface area contributed by atoms with Gasteiger partial charge in [-0.3, -0.25) is 9.59 Å². The summed E-state index contributed by atoms with van der Waals surface area (Å²) in [6.07, 6.45) is 0. The number of alkyl halides is 10. The number of halogens is 10. The number of hydrogen-bond acceptors (Lipinski definition) is 2. The van der Waals surface area contributed by atoms with Crippen molar-refractivity contribution in [1.29, 1.82) is 0 Å². The Bertz CT molecular complexity index is 449. The van der Waals surface area contributed by atoms with Crippen LogP contribution in [0, 0.1) is 0 Å². The fourth-order valence-corrected chi connectivity index (χ4v) is 1.19. The summed E-state index contributed by atoms with van der Waals surface area (Å²) in [5, 5.41) is 1.59. The van der Waals surface area contributed by atoms with E-state index < -0.39 is 41.4 Å². The Hall–Kier alpha value is -1.76. The summed E-state index contributed by atoms with van der Waals surface area (Å²) in [5.41, 5.74) is 0. The van der Waals surface area contributed by atoms with E-state index in [1.165, 1.54) is 0 Å². The van der Waals surface area contributed by atoms with Gasteiger partial charge >= 0.3 is 29.6 Å². The van der Waals surface area contributed by atoms with Crippen molar-refractivity contribution in [1.82, 2.24) is 10.6 Å². The van der Waals surface area contributed by atoms with Crippen molar-refractivity contribution < 1.29 is 53.5 Å². The van der Waals surface area contributed by atoms with Crippen molar-refractivity contribution in [2.75, 3.05) is 14.1 Å². The molecule has 0 aliphatic carbocycles. The zero-order chi connectivity index (χ0) is 19.1. The van der Waals surface area contributed by atoms with Crippen LogP contribution in [0.5, 0.6) is 0 Å². The predicted molar refractivity (Wildman–Crippen MR) is 52.9 cm³/mol. The third kappa shape index (κ3) is 2.67. The van der Waals surface area contributed by atoms with Crippen LogP contribution in [0.15, 0.2) is 0 Å². The first-order chi connectivity index (χ1) is 9.96. The summed E-state index contributed by atoms with van der Waals surface area (Å²) < 4.78 is 131. The lowest BCUT2D eigenvalue weighted by Crippen LogP contribution is -2.71. The van der Waals surface area contributed by atoms with Gasteiger partial charge in [0.2, 0.25) is 0 Å². The molecule has 0 aliphatic heterocycles. The minimum Gasteiger partial charge on any atom is -0.354 e. The van der Waals surface area contributed by atoms with Crippen molar-refractivity contribution in [2.24, 2.45) is 0 Å². The Kier molecular flexibility index (Phi) is 5.27. The zero-order valence-electron chi connectivity index (χ0n) is 11.1. The van der Waals surface area contributed by atoms with Crippen LogP contribution in [0.3, 0.4) is 0 Å². The number of nitrogens with one attached hydrogen (secondary N) is 2. The van der Waals surface area contributed by atoms with E-state index in [-0.39, 0.29) is 14.1 Å². The highest BCUT2D eigenvalue weighted by atomic mass is 19.4. The molecule has 0 atom stereocenters. The van der Waals surface area contributed by atoms with Crippen molar-refractivity contribution in [3.63, 3.8) is 0 Å². The van der Waals surface area contributed by atoms with Gasteiger partial charge < -0.3 is 10.6 Å². The maximum absolute atomic E-state index is 13.1. The lowest BCUT2D eigenvalue weighted by Gasteiger charge is -2.38. The van der Waals surface area contributed by atoms with E-state index in [9.17, 15) is 53.5 Å². The average Bonchev–Trinajstić information content (AvgIpc) is 2.44. The van der Waals surface area contributed by atoms with Crippen molar-refractivity contribution in [3.05, 3.63) is 0 Å². The number of hydrogen-bond donors (Lipinski definition) is 2. The molecule has 0 unspecified atom stereocenters. The van der Waals surface area contributed by atoms with Gasteiger partial charge in [-0.15, -0.1) is 0 Å². The molecule has 0 aromatic rings. The largest absolute Gasteiger partial charge is 0.392 e. The Labute approximate surface area is 121 Å². The van der Waals surface area contributed by atoms with E-state index in [4.69, 9.17) is 0 Å². The molecule has 0 rings (SSSR count). The van der Waals surface area contributed by atoms with Crippen LogP contribution in [0.4, 0.5) is 43.9 Å². The summed E-state index contributed by atoms with van der Waals surface area (Å²) in [7, 11) is 0.559. The van der Waals surface area contributed by atoms with Gasteiger partial charge in [0.25, 0.3) is 11.8 Å². The summed E-state index contributed by atoms with van der Waals surface area (Å²) in [4.78, 5) is 21.0. The molecule has 0 saturated heterocycles. The summed E-state index contributed by atoms with van der Waals surface area (Å²) in [6, 6.07) is 0. The van der Waals surface area contributed by atoms with Crippen LogP contribution in [0.1, 0.15) is 0 Å². The van der Waals surface area contributed by atoms with Crippen LogP contribution < -0.4 is 10.6 Å². The number of carbonyl (C=O) groups is 2. The fraction of sp³-hybridized carbons (Fsp3) is 0.778. The summed E-state index contributed by atoms with van der Waals surface area (Å²) in [5.74, 6) is -41.2. The topological polar surface area (TPSA) is 58.2 Å². The van der Waals surface area contributed by atoms with Crippen molar-refractivity contribution >= 4 is 11.8 Å². The van der Waals surface area contributed by atoms with E-state index in [2.05, 4.69) is 0 Å². The van der Waals surface area contributed by atoms with E-state index in [0.29, 0.717) is 0 Å². The molecular formula is C9H8F10N2O2. The lowest BCUT2D eigenvalue weighted by atomic mass is 9.93. The number of amides is 2. The van der Waals surface area contributed by atoms with E-state index >= 15 is 0 Å². The van der Waals surface area contributed by atoms with Crippen LogP contribution in [0.2, 0.25) is 0 Å². The summed E-state index contributed by atoms with van der Waals surface area (Å²) >= 11 is 0. The summed E-state index contributed by atoms with van der Waals surface area (Å²) in [6.45, 7) is 0. The minimum atomic E-state index is -7.47. The molecule has 0 heterocycles. The highest BCUT2D eigenvalue weighted by Crippen LogP contribution is 2.56. The van der Waals surface area contributed by atoms with E-state index in [1.807, 2.05) is 0 Å². The Morgan fingerprint density at radius 2 is 0.783 bits per heavy atom. The van der Waals surface area contributed by atoms with Crippen LogP contribution in [0.25, 0.3) is 0 Å². The molecule has 23 heavy (non-hydrogen) atoms. The number of rotatable bonds is 6. The molecule has 0 saturated carbocycles. The number of carbonyl (C=O) groups excluding carboxylic acids is 2. The molecule has 0 aromatic carbocycles. The fourth-order valence-electron chi connectivity index (χ4n) is 1.19. The van der Waals surface area contributed by atoms with Crippen LogP contribution >= 0.6 is 0 Å². The quantitative estimate of drug-likeness (QED) is 0.703. The second kappa shape index (κ2) is 5.70. The third-order valence-electron chi connectivity index (χ3n) is 2.60. The highest BCUT2D eigenvalue weighted by molar-refractivity contribution is 5.86. The van der Waals surface area contributed by atoms with Gasteiger partial charge in [0.15, 0.2) is 0 Å². The van der Waals surface area contributed by atoms with Gasteiger partial charge in [-0.2, -0.15) is 43.9 Å². The molecule has 2 N–H and O–H groups in total. The van der Waals surface area contributed by atoms with Crippen LogP contribution in [-0.4, -0.2) is 55.5 Å². The molecule has 0 radical (unpaired) electrons. The minimum absolute atomic E-state index is 0.280.